The summed E-state index contributed by atoms with van der Waals surface area (Å²) in [7, 11) is 0. The number of hydrogen-bond acceptors (Lipinski definition) is 2. The van der Waals surface area contributed by atoms with Crippen LogP contribution >= 0.6 is 22.9 Å². The lowest BCUT2D eigenvalue weighted by Crippen LogP contribution is -2.46. The molecule has 0 aliphatic heterocycles. The van der Waals surface area contributed by atoms with Crippen LogP contribution in [0.25, 0.3) is 0 Å². The zero-order chi connectivity index (χ0) is 11.7. The van der Waals surface area contributed by atoms with Crippen LogP contribution in [0.15, 0.2) is 12.1 Å². The van der Waals surface area contributed by atoms with E-state index < -0.39 is 11.1 Å². The van der Waals surface area contributed by atoms with Gasteiger partial charge in [0.2, 0.25) is 0 Å². The van der Waals surface area contributed by atoms with Crippen molar-refractivity contribution in [1.29, 1.82) is 0 Å². The van der Waals surface area contributed by atoms with Crippen molar-refractivity contribution in [2.45, 2.75) is 32.9 Å². The van der Waals surface area contributed by atoms with E-state index in [0.717, 1.165) is 4.88 Å². The Balaban J connectivity index is 2.86. The summed E-state index contributed by atoms with van der Waals surface area (Å²) in [6, 6.07) is 3.66. The fraction of sp³-hybridized carbons (Fsp3) is 0.636. The summed E-state index contributed by atoms with van der Waals surface area (Å²) in [5, 5.41) is 0. The smallest absolute Gasteiger partial charge is 0.132 e. The lowest BCUT2D eigenvalue weighted by atomic mass is 9.75. The van der Waals surface area contributed by atoms with E-state index in [1.807, 2.05) is 26.8 Å². The number of nitrogens with two attached hydrogens (primary N) is 1. The standard InChI is InChI=1S/C11H17ClFNS/c1-10(2,3)11(13,7-14)6-8-4-5-9(12)15-8/h4-5H,6-7,14H2,1-3H3. The Morgan fingerprint density at radius 2 is 2.00 bits per heavy atom. The zero-order valence-electron chi connectivity index (χ0n) is 9.31. The molecule has 0 saturated carbocycles. The molecule has 1 nitrogen and oxygen atoms in total. The fourth-order valence-electron chi connectivity index (χ4n) is 1.37. The first-order valence-corrected chi connectivity index (χ1v) is 6.11. The Morgan fingerprint density at radius 3 is 2.33 bits per heavy atom. The number of rotatable bonds is 3. The third kappa shape index (κ3) is 2.92. The predicted molar refractivity (Wildman–Crippen MR) is 65.4 cm³/mol. The normalized spacial score (nSPS) is 16.4. The average molecular weight is 250 g/mol. The van der Waals surface area contributed by atoms with E-state index in [4.69, 9.17) is 17.3 Å². The van der Waals surface area contributed by atoms with Crippen LogP contribution in [0.5, 0.6) is 0 Å². The Labute approximate surface area is 99.4 Å². The summed E-state index contributed by atoms with van der Waals surface area (Å²) in [6.07, 6.45) is 0.338. The highest BCUT2D eigenvalue weighted by Crippen LogP contribution is 2.38. The van der Waals surface area contributed by atoms with Gasteiger partial charge in [-0.3, -0.25) is 0 Å². The van der Waals surface area contributed by atoms with Gasteiger partial charge in [-0.1, -0.05) is 32.4 Å². The summed E-state index contributed by atoms with van der Waals surface area (Å²) < 4.78 is 15.3. The van der Waals surface area contributed by atoms with Gasteiger partial charge in [0.15, 0.2) is 0 Å². The lowest BCUT2D eigenvalue weighted by Gasteiger charge is -2.36. The highest BCUT2D eigenvalue weighted by Gasteiger charge is 2.41. The van der Waals surface area contributed by atoms with Crippen molar-refractivity contribution in [2.24, 2.45) is 11.1 Å². The molecule has 0 radical (unpaired) electrons. The Bertz CT molecular complexity index is 332. The summed E-state index contributed by atoms with van der Waals surface area (Å²) in [5.74, 6) is 0. The van der Waals surface area contributed by atoms with E-state index in [-0.39, 0.29) is 6.54 Å². The Morgan fingerprint density at radius 1 is 1.40 bits per heavy atom. The minimum Gasteiger partial charge on any atom is -0.327 e. The van der Waals surface area contributed by atoms with E-state index in [2.05, 4.69) is 0 Å². The minimum atomic E-state index is -1.37. The van der Waals surface area contributed by atoms with Gasteiger partial charge in [-0.05, 0) is 17.5 Å². The van der Waals surface area contributed by atoms with Gasteiger partial charge in [0, 0.05) is 17.8 Å². The molecule has 0 spiro atoms. The molecule has 1 aromatic rings. The molecule has 2 N–H and O–H groups in total. The molecule has 0 bridgehead atoms. The number of halogens is 2. The van der Waals surface area contributed by atoms with Crippen LogP contribution in [0.3, 0.4) is 0 Å². The Hall–Kier alpha value is -0.120. The first-order valence-electron chi connectivity index (χ1n) is 4.92. The second kappa shape index (κ2) is 4.40. The molecule has 0 aliphatic rings. The van der Waals surface area contributed by atoms with Gasteiger partial charge in [-0.2, -0.15) is 0 Å². The number of hydrogen-bond donors (Lipinski definition) is 1. The third-order valence-corrected chi connectivity index (χ3v) is 3.98. The average Bonchev–Trinajstić information content (AvgIpc) is 2.49. The molecular formula is C11H17ClFNS. The largest absolute Gasteiger partial charge is 0.327 e. The van der Waals surface area contributed by atoms with Crippen LogP contribution in [0, 0.1) is 5.41 Å². The Kier molecular flexibility index (Phi) is 3.80. The van der Waals surface area contributed by atoms with Crippen LogP contribution in [0.4, 0.5) is 4.39 Å². The third-order valence-electron chi connectivity index (χ3n) is 2.75. The molecule has 1 unspecified atom stereocenters. The van der Waals surface area contributed by atoms with E-state index in [0.29, 0.717) is 10.8 Å². The van der Waals surface area contributed by atoms with Gasteiger partial charge in [-0.15, -0.1) is 11.3 Å². The van der Waals surface area contributed by atoms with Gasteiger partial charge in [0.25, 0.3) is 0 Å². The van der Waals surface area contributed by atoms with E-state index in [1.54, 1.807) is 6.07 Å². The van der Waals surface area contributed by atoms with Gasteiger partial charge < -0.3 is 5.73 Å². The van der Waals surface area contributed by atoms with Gasteiger partial charge in [-0.25, -0.2) is 4.39 Å². The minimum absolute atomic E-state index is 0.0337. The second-order valence-electron chi connectivity index (χ2n) is 4.80. The molecule has 1 rings (SSSR count). The van der Waals surface area contributed by atoms with Gasteiger partial charge in [0.05, 0.1) is 4.34 Å². The molecule has 1 aromatic heterocycles. The van der Waals surface area contributed by atoms with Crippen molar-refractivity contribution in [3.05, 3.63) is 21.3 Å². The van der Waals surface area contributed by atoms with Crippen molar-refractivity contribution in [1.82, 2.24) is 0 Å². The van der Waals surface area contributed by atoms with Crippen LogP contribution in [-0.2, 0) is 6.42 Å². The lowest BCUT2D eigenvalue weighted by molar-refractivity contribution is 0.0390. The maximum Gasteiger partial charge on any atom is 0.132 e. The zero-order valence-corrected chi connectivity index (χ0v) is 10.9. The number of thiophene rings is 1. The SMILES string of the molecule is CC(C)(C)C(F)(CN)Cc1ccc(Cl)s1. The van der Waals surface area contributed by atoms with Crippen molar-refractivity contribution in [2.75, 3.05) is 6.54 Å². The molecule has 4 heteroatoms. The van der Waals surface area contributed by atoms with Crippen LogP contribution < -0.4 is 5.73 Å². The molecule has 15 heavy (non-hydrogen) atoms. The van der Waals surface area contributed by atoms with Gasteiger partial charge in [0.1, 0.15) is 5.67 Å². The van der Waals surface area contributed by atoms with Crippen molar-refractivity contribution in [3.63, 3.8) is 0 Å². The predicted octanol–water partition coefficient (Wildman–Crippen LogP) is 3.66. The second-order valence-corrected chi connectivity index (χ2v) is 6.60. The van der Waals surface area contributed by atoms with Crippen molar-refractivity contribution in [3.8, 4) is 0 Å². The molecule has 1 atom stereocenters. The van der Waals surface area contributed by atoms with Crippen LogP contribution in [-0.4, -0.2) is 12.2 Å². The highest BCUT2D eigenvalue weighted by atomic mass is 35.5. The maximum atomic E-state index is 14.6. The summed E-state index contributed by atoms with van der Waals surface area (Å²) >= 11 is 7.23. The van der Waals surface area contributed by atoms with E-state index in [9.17, 15) is 4.39 Å². The quantitative estimate of drug-likeness (QED) is 0.869. The highest BCUT2D eigenvalue weighted by molar-refractivity contribution is 7.16. The van der Waals surface area contributed by atoms with E-state index >= 15 is 0 Å². The molecule has 0 amide bonds. The fourth-order valence-corrected chi connectivity index (χ4v) is 2.55. The molecular weight excluding hydrogens is 233 g/mol. The molecule has 1 heterocycles. The summed E-state index contributed by atoms with van der Waals surface area (Å²) in [5.41, 5.74) is 3.71. The monoisotopic (exact) mass is 249 g/mol. The van der Waals surface area contributed by atoms with Crippen molar-refractivity contribution < 1.29 is 4.39 Å². The molecule has 86 valence electrons. The van der Waals surface area contributed by atoms with Crippen molar-refractivity contribution >= 4 is 22.9 Å². The first kappa shape index (κ1) is 12.9. The van der Waals surface area contributed by atoms with E-state index in [1.165, 1.54) is 11.3 Å². The maximum absolute atomic E-state index is 14.6. The van der Waals surface area contributed by atoms with Gasteiger partial charge >= 0.3 is 0 Å². The molecule has 0 fully saturated rings. The summed E-state index contributed by atoms with van der Waals surface area (Å²) in [6.45, 7) is 5.64. The molecule has 0 aliphatic carbocycles. The molecule has 0 aromatic carbocycles. The number of alkyl halides is 1. The van der Waals surface area contributed by atoms with Crippen LogP contribution in [0.2, 0.25) is 4.34 Å². The summed E-state index contributed by atoms with van der Waals surface area (Å²) in [4.78, 5) is 0.947. The van der Waals surface area contributed by atoms with Crippen LogP contribution in [0.1, 0.15) is 25.6 Å². The first-order chi connectivity index (χ1) is 6.78. The molecule has 0 saturated heterocycles. The topological polar surface area (TPSA) is 26.0 Å².